The highest BCUT2D eigenvalue weighted by molar-refractivity contribution is 5.79. The number of carbonyl (C=O) groups is 1. The molecule has 2 rings (SSSR count). The maximum absolute atomic E-state index is 12.2. The number of phenols is 1. The first-order chi connectivity index (χ1) is 11.3. The van der Waals surface area contributed by atoms with Crippen molar-refractivity contribution in [3.63, 3.8) is 0 Å². The fraction of sp³-hybridized carbons (Fsp3) is 0.556. The average molecular weight is 330 g/mol. The third-order valence-electron chi connectivity index (χ3n) is 4.74. The van der Waals surface area contributed by atoms with Gasteiger partial charge in [-0.1, -0.05) is 13.8 Å². The lowest BCUT2D eigenvalue weighted by atomic mass is 9.90. The quantitative estimate of drug-likeness (QED) is 0.857. The van der Waals surface area contributed by atoms with E-state index in [-0.39, 0.29) is 17.6 Å². The largest absolute Gasteiger partial charge is 0.508 e. The number of hydrogen-bond acceptors (Lipinski definition) is 5. The molecule has 0 spiro atoms. The third kappa shape index (κ3) is 4.39. The van der Waals surface area contributed by atoms with E-state index in [1.54, 1.807) is 19.1 Å². The van der Waals surface area contributed by atoms with Crippen LogP contribution in [0.4, 0.5) is 5.69 Å². The molecule has 1 atom stereocenters. The van der Waals surface area contributed by atoms with Gasteiger partial charge in [-0.05, 0) is 37.1 Å². The van der Waals surface area contributed by atoms with Crippen LogP contribution >= 0.6 is 0 Å². The number of amides is 1. The number of piperazine rings is 1. The van der Waals surface area contributed by atoms with Crippen molar-refractivity contribution < 1.29 is 9.90 Å². The lowest BCUT2D eigenvalue weighted by Crippen LogP contribution is -2.54. The molecule has 2 N–H and O–H groups in total. The molecule has 1 aliphatic rings. The molecule has 1 amide bonds. The Morgan fingerprint density at radius 1 is 1.29 bits per heavy atom. The van der Waals surface area contributed by atoms with Crippen LogP contribution in [0.2, 0.25) is 0 Å². The monoisotopic (exact) mass is 330 g/mol. The molecular weight excluding hydrogens is 304 g/mol. The molecule has 6 heteroatoms. The molecule has 0 aromatic heterocycles. The fourth-order valence-electron chi connectivity index (χ4n) is 2.66. The summed E-state index contributed by atoms with van der Waals surface area (Å²) in [6.45, 7) is 9.18. The summed E-state index contributed by atoms with van der Waals surface area (Å²) in [7, 11) is 0. The van der Waals surface area contributed by atoms with E-state index in [4.69, 9.17) is 0 Å². The molecule has 0 unspecified atom stereocenters. The van der Waals surface area contributed by atoms with E-state index >= 15 is 0 Å². The van der Waals surface area contributed by atoms with Crippen LogP contribution in [-0.2, 0) is 4.79 Å². The van der Waals surface area contributed by atoms with E-state index in [9.17, 15) is 15.2 Å². The predicted molar refractivity (Wildman–Crippen MR) is 93.8 cm³/mol. The molecule has 1 fully saturated rings. The van der Waals surface area contributed by atoms with Crippen molar-refractivity contribution in [2.24, 2.45) is 5.92 Å². The van der Waals surface area contributed by atoms with Crippen molar-refractivity contribution in [3.8, 4) is 11.8 Å². The number of aromatic hydroxyl groups is 1. The fourth-order valence-corrected chi connectivity index (χ4v) is 2.66. The smallest absolute Gasteiger partial charge is 0.235 e. The summed E-state index contributed by atoms with van der Waals surface area (Å²) in [5, 5.41) is 21.5. The topological polar surface area (TPSA) is 79.6 Å². The molecule has 1 aromatic rings. The van der Waals surface area contributed by atoms with Gasteiger partial charge in [-0.3, -0.25) is 9.69 Å². The van der Waals surface area contributed by atoms with E-state index in [1.165, 1.54) is 0 Å². The summed E-state index contributed by atoms with van der Waals surface area (Å²) in [6, 6.07) is 9.37. The Morgan fingerprint density at radius 3 is 2.38 bits per heavy atom. The minimum atomic E-state index is -0.828. The van der Waals surface area contributed by atoms with Gasteiger partial charge >= 0.3 is 0 Å². The highest BCUT2D eigenvalue weighted by atomic mass is 16.3. The van der Waals surface area contributed by atoms with Crippen molar-refractivity contribution in [3.05, 3.63) is 24.3 Å². The summed E-state index contributed by atoms with van der Waals surface area (Å²) in [5.74, 6) is 0.211. The van der Waals surface area contributed by atoms with E-state index in [0.717, 1.165) is 31.9 Å². The van der Waals surface area contributed by atoms with Gasteiger partial charge in [0.15, 0.2) is 0 Å². The third-order valence-corrected chi connectivity index (χ3v) is 4.74. The van der Waals surface area contributed by atoms with Crippen LogP contribution in [0, 0.1) is 17.2 Å². The van der Waals surface area contributed by atoms with Crippen molar-refractivity contribution >= 4 is 11.6 Å². The molecule has 0 bridgehead atoms. The molecule has 1 saturated heterocycles. The molecule has 130 valence electrons. The molecule has 24 heavy (non-hydrogen) atoms. The normalized spacial score (nSPS) is 18.0. The highest BCUT2D eigenvalue weighted by Gasteiger charge is 2.30. The van der Waals surface area contributed by atoms with Gasteiger partial charge in [0.25, 0.3) is 0 Å². The second-order valence-corrected chi connectivity index (χ2v) is 6.80. The van der Waals surface area contributed by atoms with Gasteiger partial charge in [-0.2, -0.15) is 5.26 Å². The first-order valence-corrected chi connectivity index (χ1v) is 8.32. The van der Waals surface area contributed by atoms with Gasteiger partial charge in [0.05, 0.1) is 12.6 Å². The Labute approximate surface area is 143 Å². The molecular formula is C18H26N4O2. The van der Waals surface area contributed by atoms with Crippen LogP contribution in [-0.4, -0.2) is 54.2 Å². The highest BCUT2D eigenvalue weighted by Crippen LogP contribution is 2.20. The summed E-state index contributed by atoms with van der Waals surface area (Å²) in [5.41, 5.74) is 0.249. The predicted octanol–water partition coefficient (Wildman–Crippen LogP) is 1.57. The van der Waals surface area contributed by atoms with Crippen LogP contribution < -0.4 is 10.2 Å². The van der Waals surface area contributed by atoms with Gasteiger partial charge in [-0.25, -0.2) is 0 Å². The Balaban J connectivity index is 1.83. The zero-order valence-corrected chi connectivity index (χ0v) is 14.6. The number of anilines is 1. The van der Waals surface area contributed by atoms with Crippen LogP contribution in [0.1, 0.15) is 20.8 Å². The lowest BCUT2D eigenvalue weighted by Gasteiger charge is -2.36. The van der Waals surface area contributed by atoms with Gasteiger partial charge < -0.3 is 15.3 Å². The maximum Gasteiger partial charge on any atom is 0.235 e. The van der Waals surface area contributed by atoms with E-state index in [1.807, 2.05) is 26.0 Å². The zero-order chi connectivity index (χ0) is 17.7. The van der Waals surface area contributed by atoms with E-state index in [2.05, 4.69) is 21.2 Å². The van der Waals surface area contributed by atoms with Crippen LogP contribution in [0.15, 0.2) is 24.3 Å². The van der Waals surface area contributed by atoms with E-state index in [0.29, 0.717) is 6.54 Å². The molecule has 1 aromatic carbocycles. The molecule has 1 heterocycles. The summed E-state index contributed by atoms with van der Waals surface area (Å²) >= 11 is 0. The number of phenolic OH excluding ortho intramolecular Hbond substituents is 1. The molecule has 0 saturated carbocycles. The Morgan fingerprint density at radius 2 is 1.88 bits per heavy atom. The van der Waals surface area contributed by atoms with Gasteiger partial charge in [0.2, 0.25) is 5.91 Å². The number of rotatable bonds is 5. The van der Waals surface area contributed by atoms with Gasteiger partial charge in [-0.15, -0.1) is 0 Å². The standard InChI is InChI=1S/C18H26N4O2/c1-14(2)18(3,13-19)20-17(24)12-21-8-10-22(11-9-21)15-4-6-16(23)7-5-15/h4-7,14,23H,8-12H2,1-3H3,(H,20,24)/t18-/m0/s1. The number of hydrogen-bond donors (Lipinski definition) is 2. The summed E-state index contributed by atoms with van der Waals surface area (Å²) in [6.07, 6.45) is 0. The lowest BCUT2D eigenvalue weighted by molar-refractivity contribution is -0.124. The van der Waals surface area contributed by atoms with Crippen molar-refractivity contribution in [2.75, 3.05) is 37.6 Å². The zero-order valence-electron chi connectivity index (χ0n) is 14.6. The van der Waals surface area contributed by atoms with Crippen molar-refractivity contribution in [1.82, 2.24) is 10.2 Å². The van der Waals surface area contributed by atoms with Crippen LogP contribution in [0.3, 0.4) is 0 Å². The molecule has 0 radical (unpaired) electrons. The van der Waals surface area contributed by atoms with Crippen LogP contribution in [0.5, 0.6) is 5.75 Å². The number of nitrogens with one attached hydrogen (secondary N) is 1. The number of benzene rings is 1. The summed E-state index contributed by atoms with van der Waals surface area (Å²) in [4.78, 5) is 16.6. The molecule has 0 aliphatic carbocycles. The first-order valence-electron chi connectivity index (χ1n) is 8.32. The Bertz CT molecular complexity index is 600. The average Bonchev–Trinajstić information content (AvgIpc) is 2.56. The minimum absolute atomic E-state index is 0.0535. The molecule has 6 nitrogen and oxygen atoms in total. The van der Waals surface area contributed by atoms with Gasteiger partial charge in [0.1, 0.15) is 11.3 Å². The Hall–Kier alpha value is -2.26. The summed E-state index contributed by atoms with van der Waals surface area (Å²) < 4.78 is 0. The first kappa shape index (κ1) is 18.1. The minimum Gasteiger partial charge on any atom is -0.508 e. The van der Waals surface area contributed by atoms with Crippen molar-refractivity contribution in [2.45, 2.75) is 26.3 Å². The SMILES string of the molecule is CC(C)[C@](C)(C#N)NC(=O)CN1CCN(c2ccc(O)cc2)CC1. The van der Waals surface area contributed by atoms with Crippen molar-refractivity contribution in [1.29, 1.82) is 5.26 Å². The molecule has 1 aliphatic heterocycles. The number of nitriles is 1. The maximum atomic E-state index is 12.2. The number of carbonyl (C=O) groups excluding carboxylic acids is 1. The van der Waals surface area contributed by atoms with Gasteiger partial charge in [0, 0.05) is 31.9 Å². The second-order valence-electron chi connectivity index (χ2n) is 6.80. The van der Waals surface area contributed by atoms with E-state index < -0.39 is 5.54 Å². The Kier molecular flexibility index (Phi) is 5.68. The van der Waals surface area contributed by atoms with Crippen LogP contribution in [0.25, 0.3) is 0 Å². The second kappa shape index (κ2) is 7.54. The number of nitrogens with zero attached hydrogens (tertiary/aromatic N) is 3.